The largest absolute Gasteiger partial charge is 0.704 e. The summed E-state index contributed by atoms with van der Waals surface area (Å²) in [5.74, 6) is 2.44. The average molecular weight is 815 g/mol. The highest BCUT2D eigenvalue weighted by Gasteiger charge is 2.75. The fourth-order valence-corrected chi connectivity index (χ4v) is 11.5. The fourth-order valence-electron chi connectivity index (χ4n) is 11.5. The van der Waals surface area contributed by atoms with Gasteiger partial charge in [0.1, 0.15) is 0 Å². The van der Waals surface area contributed by atoms with Crippen LogP contribution in [0.4, 0.5) is 0 Å². The Labute approximate surface area is 363 Å². The highest BCUT2D eigenvalue weighted by molar-refractivity contribution is 5.85. The number of hydrogen-bond acceptors (Lipinski definition) is 2. The lowest BCUT2D eigenvalue weighted by molar-refractivity contribution is -0.928. The van der Waals surface area contributed by atoms with Crippen molar-refractivity contribution in [1.82, 2.24) is 0 Å². The second-order valence-electron chi connectivity index (χ2n) is 22.0. The molecule has 6 nitrogen and oxygen atoms in total. The van der Waals surface area contributed by atoms with Crippen molar-refractivity contribution in [2.45, 2.75) is 196 Å². The first-order valence-electron chi connectivity index (χ1n) is 24.4. The Morgan fingerprint density at radius 2 is 1.08 bits per heavy atom. The SMILES string of the molecule is CCC[N+](CCC)(CCC)CCCC(CCC[N+](CCC)(CCC)CCC)c1cc(C)c2c(c1)C=[N+]1C(C)(C)C[N+]3=Cc4cc(C(C)(C)C)cc(C(C)(C)C)c4OC31O2. The third-order valence-electron chi connectivity index (χ3n) is 14.1. The quantitative estimate of drug-likeness (QED) is 0.0926. The Kier molecular flexibility index (Phi) is 15.0. The summed E-state index contributed by atoms with van der Waals surface area (Å²) in [5, 5.41) is 0. The number of aryl methyl sites for hydroxylation is 1. The summed E-state index contributed by atoms with van der Waals surface area (Å²) in [4.78, 5) is 0. The van der Waals surface area contributed by atoms with Gasteiger partial charge >= 0.3 is 6.03 Å². The summed E-state index contributed by atoms with van der Waals surface area (Å²) < 4.78 is 22.0. The van der Waals surface area contributed by atoms with Gasteiger partial charge in [0.2, 0.25) is 12.1 Å². The van der Waals surface area contributed by atoms with Crippen LogP contribution in [0, 0.1) is 6.92 Å². The van der Waals surface area contributed by atoms with Crippen LogP contribution in [-0.4, -0.2) is 101 Å². The number of ether oxygens (including phenoxy) is 2. The normalized spacial score (nSPS) is 18.7. The number of rotatable bonds is 21. The van der Waals surface area contributed by atoms with Crippen molar-refractivity contribution in [3.63, 3.8) is 0 Å². The van der Waals surface area contributed by atoms with Gasteiger partial charge in [-0.25, -0.2) is 0 Å². The monoisotopic (exact) mass is 815 g/mol. The summed E-state index contributed by atoms with van der Waals surface area (Å²) in [6, 6.07) is 8.65. The van der Waals surface area contributed by atoms with Crippen LogP contribution in [0.25, 0.3) is 0 Å². The molecular formula is C53H90N4O2+4. The van der Waals surface area contributed by atoms with E-state index in [9.17, 15) is 0 Å². The summed E-state index contributed by atoms with van der Waals surface area (Å²) in [6.07, 6.45) is 17.4. The number of benzene rings is 2. The van der Waals surface area contributed by atoms with Gasteiger partial charge in [0.05, 0.1) is 63.5 Å². The van der Waals surface area contributed by atoms with E-state index in [-0.39, 0.29) is 16.4 Å². The van der Waals surface area contributed by atoms with E-state index in [0.717, 1.165) is 23.6 Å². The van der Waals surface area contributed by atoms with E-state index < -0.39 is 6.03 Å². The van der Waals surface area contributed by atoms with Crippen molar-refractivity contribution >= 4 is 12.4 Å². The zero-order valence-corrected chi connectivity index (χ0v) is 41.1. The second kappa shape index (κ2) is 18.7. The van der Waals surface area contributed by atoms with E-state index in [4.69, 9.17) is 9.47 Å². The molecule has 0 bridgehead atoms. The van der Waals surface area contributed by atoms with Crippen molar-refractivity contribution in [1.29, 1.82) is 0 Å². The smallest absolute Gasteiger partial charge is 0.340 e. The minimum atomic E-state index is -1.07. The zero-order chi connectivity index (χ0) is 43.4. The number of fused-ring (bicyclic) bond motifs is 2. The average Bonchev–Trinajstić information content (AvgIpc) is 3.36. The molecule has 59 heavy (non-hydrogen) atoms. The molecule has 3 aliphatic heterocycles. The molecule has 0 radical (unpaired) electrons. The molecule has 0 aliphatic carbocycles. The first-order chi connectivity index (χ1) is 27.8. The van der Waals surface area contributed by atoms with E-state index in [1.165, 1.54) is 153 Å². The number of hydrogen-bond donors (Lipinski definition) is 0. The lowest BCUT2D eigenvalue weighted by Crippen LogP contribution is -2.61. The third-order valence-corrected chi connectivity index (χ3v) is 14.1. The highest BCUT2D eigenvalue weighted by Crippen LogP contribution is 2.47. The molecule has 0 aromatic heterocycles. The zero-order valence-electron chi connectivity index (χ0n) is 41.1. The first kappa shape index (κ1) is 47.4. The lowest BCUT2D eigenvalue weighted by atomic mass is 9.79. The van der Waals surface area contributed by atoms with Crippen molar-refractivity contribution in [3.05, 3.63) is 57.6 Å². The van der Waals surface area contributed by atoms with E-state index >= 15 is 0 Å². The highest BCUT2D eigenvalue weighted by atomic mass is 16.7. The Morgan fingerprint density at radius 3 is 1.54 bits per heavy atom. The molecule has 1 fully saturated rings. The van der Waals surface area contributed by atoms with Crippen LogP contribution in [0.15, 0.2) is 24.3 Å². The molecular weight excluding hydrogens is 725 g/mol. The van der Waals surface area contributed by atoms with Crippen LogP contribution < -0.4 is 9.47 Å². The minimum Gasteiger partial charge on any atom is -0.340 e. The van der Waals surface area contributed by atoms with Gasteiger partial charge in [-0.15, -0.1) is 0 Å². The Balaban J connectivity index is 1.54. The molecule has 3 heterocycles. The molecule has 0 N–H and O–H groups in total. The number of nitrogens with zero attached hydrogens (tertiary/aromatic N) is 4. The molecule has 1 spiro atoms. The van der Waals surface area contributed by atoms with E-state index in [1.54, 1.807) is 0 Å². The van der Waals surface area contributed by atoms with E-state index in [1.807, 2.05) is 0 Å². The minimum absolute atomic E-state index is 0.0284. The number of quaternary nitrogens is 2. The molecule has 0 saturated carbocycles. The maximum absolute atomic E-state index is 7.35. The van der Waals surface area contributed by atoms with Crippen LogP contribution in [0.1, 0.15) is 200 Å². The maximum atomic E-state index is 7.35. The van der Waals surface area contributed by atoms with Gasteiger partial charge in [-0.1, -0.05) is 104 Å². The predicted molar refractivity (Wildman–Crippen MR) is 251 cm³/mol. The van der Waals surface area contributed by atoms with Crippen LogP contribution >= 0.6 is 0 Å². The summed E-state index contributed by atoms with van der Waals surface area (Å²) in [5.41, 5.74) is 7.34. The van der Waals surface area contributed by atoms with Gasteiger partial charge in [0, 0.05) is 19.4 Å². The molecule has 0 amide bonds. The van der Waals surface area contributed by atoms with Crippen LogP contribution in [-0.2, 0) is 10.8 Å². The maximum Gasteiger partial charge on any atom is 0.704 e. The molecule has 3 aliphatic rings. The topological polar surface area (TPSA) is 24.5 Å². The Morgan fingerprint density at radius 1 is 0.610 bits per heavy atom. The van der Waals surface area contributed by atoms with Crippen molar-refractivity contribution in [2.75, 3.05) is 58.9 Å². The van der Waals surface area contributed by atoms with E-state index in [0.29, 0.717) is 5.92 Å². The molecule has 1 atom stereocenters. The predicted octanol–water partition coefficient (Wildman–Crippen LogP) is 12.1. The Hall–Kier alpha value is -2.70. The molecule has 6 heteroatoms. The molecule has 330 valence electrons. The summed E-state index contributed by atoms with van der Waals surface area (Å²) in [6.45, 7) is 46.4. The summed E-state index contributed by atoms with van der Waals surface area (Å²) in [7, 11) is 0. The van der Waals surface area contributed by atoms with Gasteiger partial charge in [0.15, 0.2) is 23.9 Å². The van der Waals surface area contributed by atoms with Gasteiger partial charge in [-0.2, -0.15) is 0 Å². The van der Waals surface area contributed by atoms with Crippen LogP contribution in [0.5, 0.6) is 11.5 Å². The van der Waals surface area contributed by atoms with Crippen molar-refractivity contribution in [2.24, 2.45) is 0 Å². The van der Waals surface area contributed by atoms with Gasteiger partial charge < -0.3 is 18.4 Å². The van der Waals surface area contributed by atoms with Crippen LogP contribution in [0.2, 0.25) is 0 Å². The van der Waals surface area contributed by atoms with E-state index in [2.05, 4.69) is 150 Å². The molecule has 5 rings (SSSR count). The van der Waals surface area contributed by atoms with Gasteiger partial charge in [-0.05, 0) is 117 Å². The third kappa shape index (κ3) is 10.2. The lowest BCUT2D eigenvalue weighted by Gasteiger charge is -2.39. The molecule has 2 aromatic rings. The van der Waals surface area contributed by atoms with Crippen molar-refractivity contribution < 1.29 is 27.6 Å². The second-order valence-corrected chi connectivity index (χ2v) is 22.0. The first-order valence-corrected chi connectivity index (χ1v) is 24.4. The van der Waals surface area contributed by atoms with Crippen LogP contribution in [0.3, 0.4) is 0 Å². The summed E-state index contributed by atoms with van der Waals surface area (Å²) >= 11 is 0. The standard InChI is InChI=1S/C53H90N4O2/c1-16-26-56(27-17-2,28-18-3)32-22-24-42(25-23-33-57(29-19-4,30-20-5)31-21-6)43-34-41(7)48-44(35-43)39-55-52(14,15)40-54-38-45-36-46(50(8,9)10)37-47(51(11,12)13)49(45)59-53(54,55)58-48/h34-39,42H,16-33,40H2,1-15H3/q+4. The Bertz CT molecular complexity index is 1740. The molecule has 2 aromatic carbocycles. The molecule has 1 unspecified atom stereocenters. The van der Waals surface area contributed by atoms with Crippen molar-refractivity contribution in [3.8, 4) is 11.5 Å². The fraction of sp³-hybridized carbons (Fsp3) is 0.736. The molecule has 1 saturated heterocycles. The van der Waals surface area contributed by atoms with Gasteiger partial charge in [-0.3, -0.25) is 0 Å². The van der Waals surface area contributed by atoms with Gasteiger partial charge in [0.25, 0.3) is 0 Å².